The monoisotopic (exact) mass is 366 g/mol. The van der Waals surface area contributed by atoms with Crippen molar-refractivity contribution >= 4 is 28.1 Å². The van der Waals surface area contributed by atoms with E-state index in [9.17, 15) is 10.1 Å². The molecule has 3 aromatic rings. The van der Waals surface area contributed by atoms with Crippen molar-refractivity contribution in [1.29, 1.82) is 0 Å². The lowest BCUT2D eigenvalue weighted by Crippen LogP contribution is -2.47. The highest BCUT2D eigenvalue weighted by molar-refractivity contribution is 5.97. The van der Waals surface area contributed by atoms with Crippen LogP contribution in [0.2, 0.25) is 0 Å². The van der Waals surface area contributed by atoms with E-state index in [0.717, 1.165) is 37.7 Å². The van der Waals surface area contributed by atoms with Crippen molar-refractivity contribution in [1.82, 2.24) is 15.0 Å². The summed E-state index contributed by atoms with van der Waals surface area (Å²) in [5.41, 5.74) is 1.64. The number of piperazine rings is 1. The average molecular weight is 366 g/mol. The van der Waals surface area contributed by atoms with E-state index in [4.69, 9.17) is 4.74 Å². The van der Waals surface area contributed by atoms with Crippen LogP contribution in [0.1, 0.15) is 0 Å². The third-order valence-electron chi connectivity index (χ3n) is 4.68. The Morgan fingerprint density at radius 1 is 1.11 bits per heavy atom. The summed E-state index contributed by atoms with van der Waals surface area (Å²) >= 11 is 0. The Morgan fingerprint density at radius 2 is 1.89 bits per heavy atom. The molecule has 0 aliphatic carbocycles. The number of methoxy groups -OCH3 is 1. The maximum Gasteiger partial charge on any atom is 0.278 e. The number of non-ortho nitro benzene ring substituents is 1. The molecule has 27 heavy (non-hydrogen) atoms. The molecule has 0 unspecified atom stereocenters. The zero-order chi connectivity index (χ0) is 18.8. The van der Waals surface area contributed by atoms with E-state index in [-0.39, 0.29) is 10.6 Å². The van der Waals surface area contributed by atoms with Crippen molar-refractivity contribution in [3.8, 4) is 5.88 Å². The van der Waals surface area contributed by atoms with Crippen LogP contribution in [0.4, 0.5) is 17.2 Å². The van der Waals surface area contributed by atoms with Crippen molar-refractivity contribution < 1.29 is 9.66 Å². The van der Waals surface area contributed by atoms with Gasteiger partial charge in [0, 0.05) is 38.4 Å². The van der Waals surface area contributed by atoms with Crippen LogP contribution in [0, 0.1) is 10.1 Å². The van der Waals surface area contributed by atoms with Gasteiger partial charge in [0.25, 0.3) is 5.69 Å². The lowest BCUT2D eigenvalue weighted by molar-refractivity contribution is -0.383. The Hall–Kier alpha value is -3.49. The number of rotatable bonds is 4. The van der Waals surface area contributed by atoms with Crippen LogP contribution < -0.4 is 14.5 Å². The molecule has 1 aromatic carbocycles. The van der Waals surface area contributed by atoms with Gasteiger partial charge >= 0.3 is 0 Å². The standard InChI is InChI=1S/C18H18N6O3/c1-27-17-12-19-11-16(21-17)23-9-7-22(8-10-23)15-5-4-14(24(25)26)13-3-2-6-20-18(13)15/h2-6,11-12H,7-10H2,1H3. The van der Waals surface area contributed by atoms with Gasteiger partial charge in [-0.25, -0.2) is 0 Å². The molecule has 4 rings (SSSR count). The van der Waals surface area contributed by atoms with E-state index in [1.165, 1.54) is 0 Å². The summed E-state index contributed by atoms with van der Waals surface area (Å²) in [7, 11) is 1.57. The Kier molecular flexibility index (Phi) is 4.41. The summed E-state index contributed by atoms with van der Waals surface area (Å²) in [6, 6.07) is 6.80. The summed E-state index contributed by atoms with van der Waals surface area (Å²) in [6.07, 6.45) is 4.97. The number of anilines is 2. The topological polar surface area (TPSA) is 97.5 Å². The van der Waals surface area contributed by atoms with Crippen molar-refractivity contribution in [2.75, 3.05) is 43.1 Å². The molecule has 0 saturated carbocycles. The molecule has 1 aliphatic rings. The molecule has 1 aliphatic heterocycles. The van der Waals surface area contributed by atoms with Crippen molar-refractivity contribution in [3.63, 3.8) is 0 Å². The largest absolute Gasteiger partial charge is 0.480 e. The first-order valence-electron chi connectivity index (χ1n) is 8.55. The summed E-state index contributed by atoms with van der Waals surface area (Å²) in [6.45, 7) is 3.02. The molecule has 3 heterocycles. The molecule has 9 nitrogen and oxygen atoms in total. The Morgan fingerprint density at radius 3 is 2.63 bits per heavy atom. The molecule has 9 heteroatoms. The van der Waals surface area contributed by atoms with E-state index < -0.39 is 0 Å². The Balaban J connectivity index is 1.58. The van der Waals surface area contributed by atoms with Crippen LogP contribution in [0.25, 0.3) is 10.9 Å². The molecule has 0 amide bonds. The second-order valence-electron chi connectivity index (χ2n) is 6.15. The summed E-state index contributed by atoms with van der Waals surface area (Å²) in [4.78, 5) is 28.3. The molecular formula is C18H18N6O3. The molecule has 0 bridgehead atoms. The third-order valence-corrected chi connectivity index (χ3v) is 4.68. The number of nitro benzene ring substituents is 1. The van der Waals surface area contributed by atoms with E-state index in [2.05, 4.69) is 24.8 Å². The van der Waals surface area contributed by atoms with E-state index in [1.54, 1.807) is 50.0 Å². The number of hydrogen-bond donors (Lipinski definition) is 0. The minimum absolute atomic E-state index is 0.0761. The molecule has 1 saturated heterocycles. The highest BCUT2D eigenvalue weighted by Crippen LogP contribution is 2.32. The second kappa shape index (κ2) is 7.02. The first-order valence-corrected chi connectivity index (χ1v) is 8.55. The summed E-state index contributed by atoms with van der Waals surface area (Å²) in [5, 5.41) is 11.8. The van der Waals surface area contributed by atoms with Gasteiger partial charge in [-0.2, -0.15) is 4.98 Å². The normalized spacial score (nSPS) is 14.4. The molecular weight excluding hydrogens is 348 g/mol. The van der Waals surface area contributed by atoms with Gasteiger partial charge in [0.2, 0.25) is 5.88 Å². The number of hydrogen-bond acceptors (Lipinski definition) is 8. The van der Waals surface area contributed by atoms with Crippen LogP contribution in [0.5, 0.6) is 5.88 Å². The Labute approximate surface area is 155 Å². The van der Waals surface area contributed by atoms with Crippen LogP contribution >= 0.6 is 0 Å². The molecule has 138 valence electrons. The SMILES string of the molecule is COc1cncc(N2CCN(c3ccc([N+](=O)[O-])c4cccnc34)CC2)n1. The van der Waals surface area contributed by atoms with Gasteiger partial charge in [-0.3, -0.25) is 20.1 Å². The quantitative estimate of drug-likeness (QED) is 0.512. The van der Waals surface area contributed by atoms with Gasteiger partial charge < -0.3 is 14.5 Å². The Bertz CT molecular complexity index is 988. The van der Waals surface area contributed by atoms with Gasteiger partial charge in [-0.15, -0.1) is 0 Å². The number of fused-ring (bicyclic) bond motifs is 1. The number of aromatic nitrogens is 3. The maximum absolute atomic E-state index is 11.3. The number of nitro groups is 1. The van der Waals surface area contributed by atoms with E-state index in [0.29, 0.717) is 16.8 Å². The summed E-state index contributed by atoms with van der Waals surface area (Å²) in [5.74, 6) is 1.26. The maximum atomic E-state index is 11.3. The second-order valence-corrected chi connectivity index (χ2v) is 6.15. The molecule has 2 aromatic heterocycles. The first kappa shape index (κ1) is 17.0. The van der Waals surface area contributed by atoms with Gasteiger partial charge in [-0.1, -0.05) is 0 Å². The fraction of sp³-hybridized carbons (Fsp3) is 0.278. The number of ether oxygens (including phenoxy) is 1. The molecule has 1 fully saturated rings. The predicted octanol–water partition coefficient (Wildman–Crippen LogP) is 2.27. The van der Waals surface area contributed by atoms with E-state index in [1.807, 2.05) is 0 Å². The zero-order valence-electron chi connectivity index (χ0n) is 14.8. The van der Waals surface area contributed by atoms with Crippen molar-refractivity contribution in [2.45, 2.75) is 0 Å². The molecule has 0 N–H and O–H groups in total. The van der Waals surface area contributed by atoms with Gasteiger partial charge in [0.05, 0.1) is 35.5 Å². The number of benzene rings is 1. The average Bonchev–Trinajstić information content (AvgIpc) is 2.73. The summed E-state index contributed by atoms with van der Waals surface area (Å²) < 4.78 is 5.14. The van der Waals surface area contributed by atoms with E-state index >= 15 is 0 Å². The fourth-order valence-corrected chi connectivity index (χ4v) is 3.32. The van der Waals surface area contributed by atoms with Crippen LogP contribution in [0.15, 0.2) is 42.9 Å². The zero-order valence-corrected chi connectivity index (χ0v) is 14.8. The molecule has 0 radical (unpaired) electrons. The highest BCUT2D eigenvalue weighted by Gasteiger charge is 2.23. The van der Waals surface area contributed by atoms with Crippen molar-refractivity contribution in [3.05, 3.63) is 53.0 Å². The number of pyridine rings is 1. The third kappa shape index (κ3) is 3.19. The van der Waals surface area contributed by atoms with Gasteiger partial charge in [0.1, 0.15) is 5.52 Å². The predicted molar refractivity (Wildman–Crippen MR) is 101 cm³/mol. The minimum Gasteiger partial charge on any atom is -0.480 e. The molecule has 0 spiro atoms. The number of nitrogens with zero attached hydrogens (tertiary/aromatic N) is 6. The fourth-order valence-electron chi connectivity index (χ4n) is 3.32. The molecule has 0 atom stereocenters. The minimum atomic E-state index is -0.368. The van der Waals surface area contributed by atoms with Crippen LogP contribution in [-0.4, -0.2) is 53.2 Å². The lowest BCUT2D eigenvalue weighted by Gasteiger charge is -2.36. The highest BCUT2D eigenvalue weighted by atomic mass is 16.6. The first-order chi connectivity index (χ1) is 13.2. The van der Waals surface area contributed by atoms with Gasteiger partial charge in [0.15, 0.2) is 5.82 Å². The van der Waals surface area contributed by atoms with Crippen molar-refractivity contribution in [2.24, 2.45) is 0 Å². The lowest BCUT2D eigenvalue weighted by atomic mass is 10.1. The smallest absolute Gasteiger partial charge is 0.278 e. The van der Waals surface area contributed by atoms with Crippen LogP contribution in [0.3, 0.4) is 0 Å². The van der Waals surface area contributed by atoms with Crippen LogP contribution in [-0.2, 0) is 0 Å². The van der Waals surface area contributed by atoms with Gasteiger partial charge in [-0.05, 0) is 18.2 Å².